The highest BCUT2D eigenvalue weighted by Crippen LogP contribution is 2.26. The van der Waals surface area contributed by atoms with E-state index in [1.165, 1.54) is 16.9 Å². The Labute approximate surface area is 137 Å². The van der Waals surface area contributed by atoms with Crippen LogP contribution in [-0.2, 0) is 10.0 Å². The second-order valence-corrected chi connectivity index (χ2v) is 7.07. The molecule has 0 aliphatic rings. The summed E-state index contributed by atoms with van der Waals surface area (Å²) >= 11 is 11.5. The molecule has 116 valence electrons. The maximum Gasteiger partial charge on any atom is 0.266 e. The standard InChI is InChI=1S/C12H11Cl2N5O2S/c1-7(2)19-6-8(4-15)12(17-19)18-22(20,21)10-5-16-11(14)3-9(10)13/h3,5-7H,1-2H3,(H,17,18). The van der Waals surface area contributed by atoms with Crippen molar-refractivity contribution in [3.8, 4) is 6.07 Å². The topological polar surface area (TPSA) is 101 Å². The van der Waals surface area contributed by atoms with E-state index >= 15 is 0 Å². The Balaban J connectivity index is 2.43. The quantitative estimate of drug-likeness (QED) is 0.845. The second-order valence-electron chi connectivity index (χ2n) is 4.62. The summed E-state index contributed by atoms with van der Waals surface area (Å²) in [6, 6.07) is 3.08. The lowest BCUT2D eigenvalue weighted by Gasteiger charge is -2.08. The summed E-state index contributed by atoms with van der Waals surface area (Å²) in [6.07, 6.45) is 2.50. The molecule has 0 saturated carbocycles. The SMILES string of the molecule is CC(C)n1cc(C#N)c(NS(=O)(=O)c2cnc(Cl)cc2Cl)n1. The summed E-state index contributed by atoms with van der Waals surface area (Å²) in [5.41, 5.74) is 0.107. The molecule has 0 amide bonds. The lowest BCUT2D eigenvalue weighted by molar-refractivity contribution is 0.534. The summed E-state index contributed by atoms with van der Waals surface area (Å²) in [7, 11) is -4.04. The fourth-order valence-corrected chi connectivity index (χ4v) is 3.28. The zero-order chi connectivity index (χ0) is 16.5. The van der Waals surface area contributed by atoms with E-state index in [1.54, 1.807) is 0 Å². The molecule has 2 aromatic rings. The Morgan fingerprint density at radius 3 is 2.64 bits per heavy atom. The van der Waals surface area contributed by atoms with Crippen molar-refractivity contribution in [2.75, 3.05) is 4.72 Å². The lowest BCUT2D eigenvalue weighted by Crippen LogP contribution is -2.15. The molecular formula is C12H11Cl2N5O2S. The van der Waals surface area contributed by atoms with Gasteiger partial charge in [-0.05, 0) is 19.9 Å². The number of nitriles is 1. The number of halogens is 2. The van der Waals surface area contributed by atoms with Gasteiger partial charge in [0.1, 0.15) is 21.7 Å². The monoisotopic (exact) mass is 359 g/mol. The van der Waals surface area contributed by atoms with Gasteiger partial charge < -0.3 is 0 Å². The zero-order valence-corrected chi connectivity index (χ0v) is 13.9. The number of pyridine rings is 1. The Morgan fingerprint density at radius 2 is 2.09 bits per heavy atom. The van der Waals surface area contributed by atoms with Gasteiger partial charge in [-0.25, -0.2) is 13.4 Å². The van der Waals surface area contributed by atoms with Crippen LogP contribution in [0.5, 0.6) is 0 Å². The molecule has 0 unspecified atom stereocenters. The fraction of sp³-hybridized carbons (Fsp3) is 0.250. The molecule has 0 atom stereocenters. The predicted molar refractivity (Wildman–Crippen MR) is 82.4 cm³/mol. The van der Waals surface area contributed by atoms with Crippen molar-refractivity contribution in [1.82, 2.24) is 14.8 Å². The van der Waals surface area contributed by atoms with E-state index in [1.807, 2.05) is 19.9 Å². The van der Waals surface area contributed by atoms with Gasteiger partial charge in [-0.2, -0.15) is 10.4 Å². The number of rotatable bonds is 4. The van der Waals surface area contributed by atoms with Crippen LogP contribution in [0.25, 0.3) is 0 Å². The Bertz CT molecular complexity index is 855. The molecule has 0 radical (unpaired) electrons. The van der Waals surface area contributed by atoms with E-state index in [9.17, 15) is 8.42 Å². The fourth-order valence-electron chi connectivity index (χ4n) is 1.59. The van der Waals surface area contributed by atoms with Crippen LogP contribution in [0.1, 0.15) is 25.5 Å². The Hall–Kier alpha value is -1.82. The number of nitrogens with one attached hydrogen (secondary N) is 1. The van der Waals surface area contributed by atoms with Crippen molar-refractivity contribution in [1.29, 1.82) is 5.26 Å². The molecule has 0 aliphatic heterocycles. The van der Waals surface area contributed by atoms with Gasteiger partial charge in [0.25, 0.3) is 10.0 Å². The van der Waals surface area contributed by atoms with Crippen LogP contribution in [0.2, 0.25) is 10.2 Å². The molecule has 0 aromatic carbocycles. The number of anilines is 1. The number of hydrogen-bond acceptors (Lipinski definition) is 5. The first-order valence-electron chi connectivity index (χ1n) is 6.07. The average Bonchev–Trinajstić information content (AvgIpc) is 2.80. The summed E-state index contributed by atoms with van der Waals surface area (Å²) in [5.74, 6) is -0.0674. The first-order chi connectivity index (χ1) is 10.2. The molecule has 0 saturated heterocycles. The van der Waals surface area contributed by atoms with Gasteiger partial charge in [0.15, 0.2) is 5.82 Å². The summed E-state index contributed by atoms with van der Waals surface area (Å²) in [5, 5.41) is 13.1. The minimum Gasteiger partial charge on any atom is -0.267 e. The van der Waals surface area contributed by atoms with Gasteiger partial charge in [0.2, 0.25) is 0 Å². The van der Waals surface area contributed by atoms with E-state index in [0.717, 1.165) is 6.20 Å². The molecule has 2 aromatic heterocycles. The summed E-state index contributed by atoms with van der Waals surface area (Å²) < 4.78 is 28.4. The summed E-state index contributed by atoms with van der Waals surface area (Å²) in [4.78, 5) is 3.45. The van der Waals surface area contributed by atoms with E-state index in [2.05, 4.69) is 14.8 Å². The highest BCUT2D eigenvalue weighted by Gasteiger charge is 2.22. The van der Waals surface area contributed by atoms with Gasteiger partial charge in [-0.1, -0.05) is 23.2 Å². The lowest BCUT2D eigenvalue weighted by atomic mass is 10.3. The van der Waals surface area contributed by atoms with Crippen LogP contribution >= 0.6 is 23.2 Å². The summed E-state index contributed by atoms with van der Waals surface area (Å²) in [6.45, 7) is 3.71. The Kier molecular flexibility index (Phi) is 4.60. The van der Waals surface area contributed by atoms with Crippen molar-refractivity contribution in [2.24, 2.45) is 0 Å². The van der Waals surface area contributed by atoms with Gasteiger partial charge in [0, 0.05) is 12.2 Å². The van der Waals surface area contributed by atoms with Gasteiger partial charge in [0.05, 0.1) is 11.2 Å². The van der Waals surface area contributed by atoms with Crippen molar-refractivity contribution in [3.05, 3.63) is 34.2 Å². The third-order valence-corrected chi connectivity index (χ3v) is 4.69. The molecule has 0 fully saturated rings. The predicted octanol–water partition coefficient (Wildman–Crippen LogP) is 2.84. The van der Waals surface area contributed by atoms with E-state index in [4.69, 9.17) is 28.5 Å². The van der Waals surface area contributed by atoms with Crippen molar-refractivity contribution in [2.45, 2.75) is 24.8 Å². The van der Waals surface area contributed by atoms with Crippen LogP contribution in [0.3, 0.4) is 0 Å². The molecule has 7 nitrogen and oxygen atoms in total. The van der Waals surface area contributed by atoms with Crippen LogP contribution in [0.15, 0.2) is 23.4 Å². The third kappa shape index (κ3) is 3.32. The van der Waals surface area contributed by atoms with Crippen molar-refractivity contribution < 1.29 is 8.42 Å². The van der Waals surface area contributed by atoms with Crippen LogP contribution in [0, 0.1) is 11.3 Å². The smallest absolute Gasteiger partial charge is 0.266 e. The molecule has 1 N–H and O–H groups in total. The minimum atomic E-state index is -4.04. The molecule has 2 heterocycles. The van der Waals surface area contributed by atoms with E-state index in [0.29, 0.717) is 0 Å². The maximum atomic E-state index is 12.3. The highest BCUT2D eigenvalue weighted by atomic mass is 35.5. The van der Waals surface area contributed by atoms with Crippen molar-refractivity contribution >= 4 is 39.0 Å². The third-order valence-electron chi connectivity index (χ3n) is 2.69. The molecule has 22 heavy (non-hydrogen) atoms. The van der Waals surface area contributed by atoms with Crippen LogP contribution in [0.4, 0.5) is 5.82 Å². The first-order valence-corrected chi connectivity index (χ1v) is 8.31. The maximum absolute atomic E-state index is 12.3. The number of sulfonamides is 1. The number of nitrogens with zero attached hydrogens (tertiary/aromatic N) is 4. The molecule has 10 heteroatoms. The molecule has 0 bridgehead atoms. The van der Waals surface area contributed by atoms with Crippen LogP contribution < -0.4 is 4.72 Å². The Morgan fingerprint density at radius 1 is 1.41 bits per heavy atom. The molecule has 0 spiro atoms. The van der Waals surface area contributed by atoms with Crippen molar-refractivity contribution in [3.63, 3.8) is 0 Å². The molecule has 0 aliphatic carbocycles. The first kappa shape index (κ1) is 16.5. The number of hydrogen-bond donors (Lipinski definition) is 1. The van der Waals surface area contributed by atoms with E-state index in [-0.39, 0.29) is 32.5 Å². The minimum absolute atomic E-state index is 0.0221. The van der Waals surface area contributed by atoms with Gasteiger partial charge in [-0.3, -0.25) is 9.40 Å². The normalized spacial score (nSPS) is 11.5. The number of aromatic nitrogens is 3. The largest absolute Gasteiger partial charge is 0.267 e. The van der Waals surface area contributed by atoms with E-state index < -0.39 is 10.0 Å². The van der Waals surface area contributed by atoms with Crippen LogP contribution in [-0.4, -0.2) is 23.2 Å². The van der Waals surface area contributed by atoms with Gasteiger partial charge in [-0.15, -0.1) is 0 Å². The zero-order valence-electron chi connectivity index (χ0n) is 11.6. The van der Waals surface area contributed by atoms with Gasteiger partial charge >= 0.3 is 0 Å². The second kappa shape index (κ2) is 6.12. The molecule has 2 rings (SSSR count). The highest BCUT2D eigenvalue weighted by molar-refractivity contribution is 7.92. The molecular weight excluding hydrogens is 349 g/mol. The average molecular weight is 360 g/mol.